The van der Waals surface area contributed by atoms with Crippen LogP contribution in [0, 0.1) is 0 Å². The molecule has 3 N–H and O–H groups in total. The van der Waals surface area contributed by atoms with Crippen LogP contribution in [0.25, 0.3) is 11.4 Å². The van der Waals surface area contributed by atoms with Crippen molar-refractivity contribution >= 4 is 23.5 Å². The molecule has 2 aromatic rings. The van der Waals surface area contributed by atoms with Crippen molar-refractivity contribution in [2.45, 2.75) is 38.2 Å². The maximum Gasteiger partial charge on any atom is 0.435 e. The average Bonchev–Trinajstić information content (AvgIpc) is 3.23. The minimum absolute atomic E-state index is 0.141. The lowest BCUT2D eigenvalue weighted by Gasteiger charge is -2.21. The fourth-order valence-electron chi connectivity index (χ4n) is 3.66. The average molecular weight is 475 g/mol. The van der Waals surface area contributed by atoms with Gasteiger partial charge in [-0.3, -0.25) is 4.79 Å². The van der Waals surface area contributed by atoms with E-state index in [9.17, 15) is 31.5 Å². The molecule has 1 fully saturated rings. The number of halogens is 5. The second-order valence-corrected chi connectivity index (χ2v) is 7.43. The van der Waals surface area contributed by atoms with Crippen molar-refractivity contribution in [2.75, 3.05) is 23.4 Å². The van der Waals surface area contributed by atoms with Crippen LogP contribution in [-0.4, -0.2) is 53.3 Å². The normalized spacial score (nSPS) is 18.8. The van der Waals surface area contributed by atoms with Gasteiger partial charge >= 0.3 is 12.3 Å². The van der Waals surface area contributed by atoms with Crippen molar-refractivity contribution in [3.63, 3.8) is 0 Å². The molecule has 0 aliphatic carbocycles. The van der Waals surface area contributed by atoms with E-state index in [0.29, 0.717) is 5.69 Å². The molecular formula is C19H18F5N5O4. The molecule has 3 heterocycles. The molecular weight excluding hydrogens is 457 g/mol. The predicted molar refractivity (Wildman–Crippen MR) is 104 cm³/mol. The summed E-state index contributed by atoms with van der Waals surface area (Å²) in [5, 5.41) is 2.83. The van der Waals surface area contributed by atoms with Gasteiger partial charge in [0, 0.05) is 11.8 Å². The third kappa shape index (κ3) is 4.00. The van der Waals surface area contributed by atoms with Crippen LogP contribution in [0.1, 0.15) is 12.6 Å². The fraction of sp³-hybridized carbons (Fsp3) is 0.421. The molecule has 1 aromatic heterocycles. The number of primary amides is 1. The Morgan fingerprint density at radius 1 is 1.30 bits per heavy atom. The zero-order valence-electron chi connectivity index (χ0n) is 17.0. The van der Waals surface area contributed by atoms with Gasteiger partial charge in [0.1, 0.15) is 36.9 Å². The van der Waals surface area contributed by atoms with Gasteiger partial charge in [-0.1, -0.05) is 0 Å². The minimum atomic E-state index is -5.01. The molecule has 1 aromatic carbocycles. The number of benzene rings is 1. The van der Waals surface area contributed by atoms with Gasteiger partial charge in [-0.25, -0.2) is 23.5 Å². The largest absolute Gasteiger partial charge is 0.491 e. The highest BCUT2D eigenvalue weighted by Gasteiger charge is 2.49. The quantitative estimate of drug-likeness (QED) is 0.644. The summed E-state index contributed by atoms with van der Waals surface area (Å²) in [7, 11) is 0. The zero-order chi connectivity index (χ0) is 24.1. The van der Waals surface area contributed by atoms with Gasteiger partial charge in [0.25, 0.3) is 6.43 Å². The number of ether oxygens (including phenoxy) is 2. The van der Waals surface area contributed by atoms with Gasteiger partial charge in [0.05, 0.1) is 12.1 Å². The summed E-state index contributed by atoms with van der Waals surface area (Å²) in [5.74, 6) is -1.64. The molecule has 0 saturated carbocycles. The summed E-state index contributed by atoms with van der Waals surface area (Å²) in [5.41, 5.74) is 4.42. The van der Waals surface area contributed by atoms with Gasteiger partial charge in [-0.2, -0.15) is 13.2 Å². The van der Waals surface area contributed by atoms with Gasteiger partial charge in [-0.15, -0.1) is 0 Å². The van der Waals surface area contributed by atoms with Gasteiger partial charge in [0.2, 0.25) is 5.91 Å². The van der Waals surface area contributed by atoms with E-state index in [1.165, 1.54) is 25.1 Å². The Balaban J connectivity index is 1.85. The van der Waals surface area contributed by atoms with E-state index in [4.69, 9.17) is 10.5 Å². The summed E-state index contributed by atoms with van der Waals surface area (Å²) in [6, 6.07) is 1.71. The van der Waals surface area contributed by atoms with Crippen molar-refractivity contribution in [3.05, 3.63) is 23.9 Å². The first kappa shape index (κ1) is 22.6. The Morgan fingerprint density at radius 3 is 2.67 bits per heavy atom. The molecule has 4 rings (SSSR count). The van der Waals surface area contributed by atoms with Crippen molar-refractivity contribution < 1.29 is 41.0 Å². The third-order valence-electron chi connectivity index (χ3n) is 5.25. The van der Waals surface area contributed by atoms with Gasteiger partial charge in [-0.05, 0) is 19.1 Å². The second-order valence-electron chi connectivity index (χ2n) is 7.43. The monoisotopic (exact) mass is 475 g/mol. The van der Waals surface area contributed by atoms with Crippen LogP contribution in [0.15, 0.2) is 18.2 Å². The molecule has 0 radical (unpaired) electrons. The third-order valence-corrected chi connectivity index (χ3v) is 5.25. The number of nitrogens with two attached hydrogens (primary N) is 1. The number of hydrogen-bond donors (Lipinski definition) is 2. The fourth-order valence-corrected chi connectivity index (χ4v) is 3.66. The number of amides is 2. The summed E-state index contributed by atoms with van der Waals surface area (Å²) in [4.78, 5) is 27.6. The smallest absolute Gasteiger partial charge is 0.435 e. The lowest BCUT2D eigenvalue weighted by molar-refractivity contribution is -0.143. The Bertz CT molecular complexity index is 1100. The number of aromatic nitrogens is 2. The summed E-state index contributed by atoms with van der Waals surface area (Å²) in [6.07, 6.45) is -9.50. The molecule has 178 valence electrons. The lowest BCUT2D eigenvalue weighted by atomic mass is 10.1. The summed E-state index contributed by atoms with van der Waals surface area (Å²) >= 11 is 0. The first-order chi connectivity index (χ1) is 15.5. The van der Waals surface area contributed by atoms with Crippen LogP contribution in [0.5, 0.6) is 5.75 Å². The first-order valence-corrected chi connectivity index (χ1v) is 9.74. The van der Waals surface area contributed by atoms with E-state index in [1.807, 2.05) is 0 Å². The van der Waals surface area contributed by atoms with Crippen molar-refractivity contribution in [2.24, 2.45) is 5.73 Å². The summed E-state index contributed by atoms with van der Waals surface area (Å²) in [6.45, 7) is 0.256. The topological polar surface area (TPSA) is 112 Å². The van der Waals surface area contributed by atoms with Crippen LogP contribution in [0.3, 0.4) is 0 Å². The minimum Gasteiger partial charge on any atom is -0.491 e. The second kappa shape index (κ2) is 8.08. The zero-order valence-corrected chi connectivity index (χ0v) is 17.0. The van der Waals surface area contributed by atoms with Crippen molar-refractivity contribution in [1.82, 2.24) is 9.55 Å². The molecule has 33 heavy (non-hydrogen) atoms. The Labute approximate surface area is 183 Å². The maximum absolute atomic E-state index is 14.0. The number of alkyl halides is 5. The molecule has 0 bridgehead atoms. The summed E-state index contributed by atoms with van der Waals surface area (Å²) < 4.78 is 79.9. The number of nitrogens with zero attached hydrogens (tertiary/aromatic N) is 3. The first-order valence-electron chi connectivity index (χ1n) is 9.74. The van der Waals surface area contributed by atoms with Gasteiger partial charge in [0.15, 0.2) is 11.5 Å². The van der Waals surface area contributed by atoms with Gasteiger partial charge < -0.3 is 25.1 Å². The van der Waals surface area contributed by atoms with E-state index >= 15 is 0 Å². The SMILES string of the molecule is C[C@H](Nc1ccc2c(c1)OCCn1c-2nc(N2C(=O)OCC2C(F)F)c1C(F)(F)F)C(N)=O. The van der Waals surface area contributed by atoms with Crippen molar-refractivity contribution in [3.8, 4) is 17.1 Å². The molecule has 2 amide bonds. The molecule has 2 aliphatic rings. The standard InChI is InChI=1S/C19H18F5N5O4/c1-8(15(25)30)26-9-2-3-10-12(6-9)32-5-4-28-13(19(22,23)24)17(27-16(10)28)29-11(14(20)21)7-33-18(29)31/h2-3,6,8,11,14,26H,4-5,7H2,1H3,(H2,25,30)/t8-,11?/m0/s1. The number of imidazole rings is 1. The molecule has 9 nitrogen and oxygen atoms in total. The van der Waals surface area contributed by atoms with E-state index in [-0.39, 0.29) is 35.2 Å². The molecule has 2 aliphatic heterocycles. The number of anilines is 2. The highest BCUT2D eigenvalue weighted by molar-refractivity contribution is 5.91. The number of fused-ring (bicyclic) bond motifs is 3. The van der Waals surface area contributed by atoms with Crippen LogP contribution in [-0.2, 0) is 22.3 Å². The molecule has 1 unspecified atom stereocenters. The van der Waals surface area contributed by atoms with E-state index in [1.54, 1.807) is 0 Å². The highest BCUT2D eigenvalue weighted by Crippen LogP contribution is 2.44. The van der Waals surface area contributed by atoms with E-state index < -0.39 is 54.8 Å². The van der Waals surface area contributed by atoms with Crippen molar-refractivity contribution in [1.29, 1.82) is 0 Å². The Kier molecular flexibility index (Phi) is 5.54. The van der Waals surface area contributed by atoms with E-state index in [0.717, 1.165) is 4.57 Å². The van der Waals surface area contributed by atoms with Crippen LogP contribution in [0.2, 0.25) is 0 Å². The Hall–Kier alpha value is -3.58. The van der Waals surface area contributed by atoms with Crippen LogP contribution in [0.4, 0.5) is 38.3 Å². The van der Waals surface area contributed by atoms with Crippen LogP contribution < -0.4 is 20.7 Å². The van der Waals surface area contributed by atoms with E-state index in [2.05, 4.69) is 15.0 Å². The molecule has 0 spiro atoms. The Morgan fingerprint density at radius 2 is 2.03 bits per heavy atom. The number of carbonyl (C=O) groups is 2. The number of cyclic esters (lactones) is 1. The lowest BCUT2D eigenvalue weighted by Crippen LogP contribution is -2.40. The number of rotatable bonds is 5. The number of hydrogen-bond acceptors (Lipinski definition) is 6. The molecule has 2 atom stereocenters. The number of nitrogens with one attached hydrogen (secondary N) is 1. The predicted octanol–water partition coefficient (Wildman–Crippen LogP) is 2.84. The highest BCUT2D eigenvalue weighted by atomic mass is 19.4. The molecule has 1 saturated heterocycles. The number of carbonyl (C=O) groups excluding carboxylic acids is 2. The molecule has 14 heteroatoms. The van der Waals surface area contributed by atoms with Crippen LogP contribution >= 0.6 is 0 Å². The maximum atomic E-state index is 14.0.